The van der Waals surface area contributed by atoms with E-state index in [0.29, 0.717) is 18.0 Å². The Bertz CT molecular complexity index is 775. The Morgan fingerprint density at radius 1 is 1.11 bits per heavy atom. The first kappa shape index (κ1) is 19.2. The zero-order valence-corrected chi connectivity index (χ0v) is 15.6. The van der Waals surface area contributed by atoms with Crippen molar-refractivity contribution in [2.45, 2.75) is 31.3 Å². The zero-order valence-electron chi connectivity index (χ0n) is 15.6. The molecule has 0 aliphatic heterocycles. The minimum Gasteiger partial charge on any atom is -0.493 e. The number of halogens is 1. The van der Waals surface area contributed by atoms with Gasteiger partial charge in [-0.05, 0) is 54.7 Å². The normalized spacial score (nSPS) is 14.5. The van der Waals surface area contributed by atoms with Crippen LogP contribution in [-0.2, 0) is 11.2 Å². The second-order valence-electron chi connectivity index (χ2n) is 6.66. The van der Waals surface area contributed by atoms with E-state index in [9.17, 15) is 9.18 Å². The molecule has 0 heterocycles. The molecular weight excluding hydrogens is 347 g/mol. The van der Waals surface area contributed by atoms with Gasteiger partial charge in [-0.25, -0.2) is 4.39 Å². The van der Waals surface area contributed by atoms with E-state index in [2.05, 4.69) is 10.6 Å². The Hall–Kier alpha value is -2.60. The van der Waals surface area contributed by atoms with Gasteiger partial charge in [0.2, 0.25) is 5.91 Å². The number of carbonyl (C=O) groups excluding carboxylic acids is 1. The molecule has 1 fully saturated rings. The Morgan fingerprint density at radius 3 is 2.44 bits per heavy atom. The maximum atomic E-state index is 13.2. The van der Waals surface area contributed by atoms with Crippen LogP contribution in [0.4, 0.5) is 4.39 Å². The van der Waals surface area contributed by atoms with Crippen molar-refractivity contribution in [1.82, 2.24) is 10.6 Å². The van der Waals surface area contributed by atoms with E-state index < -0.39 is 6.04 Å². The predicted molar refractivity (Wildman–Crippen MR) is 102 cm³/mol. The molecule has 1 aliphatic rings. The van der Waals surface area contributed by atoms with Crippen molar-refractivity contribution >= 4 is 5.91 Å². The number of nitrogens with one attached hydrogen (secondary N) is 2. The van der Waals surface area contributed by atoms with E-state index in [0.717, 1.165) is 30.4 Å². The maximum Gasteiger partial charge on any atom is 0.241 e. The molecule has 2 aromatic rings. The summed E-state index contributed by atoms with van der Waals surface area (Å²) in [6, 6.07) is 11.6. The minimum atomic E-state index is -0.508. The molecule has 0 radical (unpaired) electrons. The van der Waals surface area contributed by atoms with Crippen LogP contribution in [-0.4, -0.2) is 32.7 Å². The molecule has 5 nitrogen and oxygen atoms in total. The minimum absolute atomic E-state index is 0.0728. The van der Waals surface area contributed by atoms with Gasteiger partial charge in [-0.3, -0.25) is 4.79 Å². The van der Waals surface area contributed by atoms with E-state index >= 15 is 0 Å². The summed E-state index contributed by atoms with van der Waals surface area (Å²) in [6.45, 7) is 0.593. The number of ether oxygens (including phenoxy) is 2. The van der Waals surface area contributed by atoms with Gasteiger partial charge in [-0.15, -0.1) is 0 Å². The van der Waals surface area contributed by atoms with Crippen molar-refractivity contribution in [3.63, 3.8) is 0 Å². The summed E-state index contributed by atoms with van der Waals surface area (Å²) in [7, 11) is 3.21. The lowest BCUT2D eigenvalue weighted by molar-refractivity contribution is -0.123. The summed E-state index contributed by atoms with van der Waals surface area (Å²) in [5, 5.41) is 6.31. The van der Waals surface area contributed by atoms with E-state index in [1.165, 1.54) is 12.1 Å². The van der Waals surface area contributed by atoms with Gasteiger partial charge in [0.25, 0.3) is 0 Å². The highest BCUT2D eigenvalue weighted by molar-refractivity contribution is 5.83. The van der Waals surface area contributed by atoms with Gasteiger partial charge in [-0.1, -0.05) is 18.2 Å². The Labute approximate surface area is 158 Å². The second-order valence-corrected chi connectivity index (χ2v) is 6.66. The first-order valence-electron chi connectivity index (χ1n) is 9.11. The van der Waals surface area contributed by atoms with E-state index in [-0.39, 0.29) is 17.8 Å². The van der Waals surface area contributed by atoms with Crippen molar-refractivity contribution < 1.29 is 18.7 Å². The van der Waals surface area contributed by atoms with Crippen molar-refractivity contribution in [1.29, 1.82) is 0 Å². The molecular formula is C21H25FN2O3. The van der Waals surface area contributed by atoms with Crippen LogP contribution in [0.3, 0.4) is 0 Å². The first-order valence-corrected chi connectivity index (χ1v) is 9.11. The molecule has 0 bridgehead atoms. The number of rotatable bonds is 9. The number of carbonyl (C=O) groups is 1. The first-order chi connectivity index (χ1) is 13.1. The van der Waals surface area contributed by atoms with Crippen LogP contribution >= 0.6 is 0 Å². The van der Waals surface area contributed by atoms with Gasteiger partial charge in [0.15, 0.2) is 11.5 Å². The third-order valence-electron chi connectivity index (χ3n) is 4.60. The standard InChI is InChI=1S/C21H25FN2O3/c1-26-18-10-3-14(13-19(18)27-2)11-12-23-20(21(25)24-17-8-9-17)15-4-6-16(22)7-5-15/h3-7,10,13,17,20,23H,8-9,11-12H2,1-2H3,(H,24,25). The molecule has 1 unspecified atom stereocenters. The van der Waals surface area contributed by atoms with Gasteiger partial charge < -0.3 is 20.1 Å². The van der Waals surface area contributed by atoms with Crippen LogP contribution in [0.15, 0.2) is 42.5 Å². The summed E-state index contributed by atoms with van der Waals surface area (Å²) >= 11 is 0. The molecule has 1 amide bonds. The average molecular weight is 372 g/mol. The topological polar surface area (TPSA) is 59.6 Å². The van der Waals surface area contributed by atoms with Gasteiger partial charge in [-0.2, -0.15) is 0 Å². The fourth-order valence-electron chi connectivity index (χ4n) is 2.93. The number of benzene rings is 2. The molecule has 2 aromatic carbocycles. The number of hydrogen-bond acceptors (Lipinski definition) is 4. The van der Waals surface area contributed by atoms with E-state index in [1.807, 2.05) is 18.2 Å². The van der Waals surface area contributed by atoms with Crippen LogP contribution < -0.4 is 20.1 Å². The average Bonchev–Trinajstić information content (AvgIpc) is 3.50. The quantitative estimate of drug-likeness (QED) is 0.710. The van der Waals surface area contributed by atoms with Crippen LogP contribution in [0.25, 0.3) is 0 Å². The lowest BCUT2D eigenvalue weighted by Gasteiger charge is -2.19. The number of amides is 1. The zero-order chi connectivity index (χ0) is 19.2. The maximum absolute atomic E-state index is 13.2. The third-order valence-corrected chi connectivity index (χ3v) is 4.60. The fraction of sp³-hybridized carbons (Fsp3) is 0.381. The largest absolute Gasteiger partial charge is 0.493 e. The molecule has 0 aromatic heterocycles. The second kappa shape index (κ2) is 8.86. The summed E-state index contributed by atoms with van der Waals surface area (Å²) in [6.07, 6.45) is 2.76. The Morgan fingerprint density at radius 2 is 1.81 bits per heavy atom. The van der Waals surface area contributed by atoms with Crippen molar-refractivity contribution in [3.8, 4) is 11.5 Å². The fourth-order valence-corrected chi connectivity index (χ4v) is 2.93. The SMILES string of the molecule is COc1ccc(CCNC(C(=O)NC2CC2)c2ccc(F)cc2)cc1OC. The lowest BCUT2D eigenvalue weighted by atomic mass is 10.0. The van der Waals surface area contributed by atoms with Gasteiger partial charge in [0.1, 0.15) is 11.9 Å². The molecule has 27 heavy (non-hydrogen) atoms. The summed E-state index contributed by atoms with van der Waals surface area (Å²) < 4.78 is 23.8. The van der Waals surface area contributed by atoms with Gasteiger partial charge >= 0.3 is 0 Å². The van der Waals surface area contributed by atoms with Crippen LogP contribution in [0.1, 0.15) is 30.0 Å². The van der Waals surface area contributed by atoms with Crippen molar-refractivity contribution in [3.05, 3.63) is 59.4 Å². The monoisotopic (exact) mass is 372 g/mol. The summed E-state index contributed by atoms with van der Waals surface area (Å²) in [5.74, 6) is 0.973. The number of hydrogen-bond donors (Lipinski definition) is 2. The van der Waals surface area contributed by atoms with Crippen molar-refractivity contribution in [2.75, 3.05) is 20.8 Å². The van der Waals surface area contributed by atoms with E-state index in [1.54, 1.807) is 26.4 Å². The summed E-state index contributed by atoms with van der Waals surface area (Å²) in [4.78, 5) is 12.6. The molecule has 0 saturated heterocycles. The van der Waals surface area contributed by atoms with Crippen LogP contribution in [0.5, 0.6) is 11.5 Å². The molecule has 2 N–H and O–H groups in total. The molecule has 0 spiro atoms. The predicted octanol–water partition coefficient (Wildman–Crippen LogP) is 2.99. The Balaban J connectivity index is 1.65. The molecule has 1 atom stereocenters. The molecule has 1 saturated carbocycles. The summed E-state index contributed by atoms with van der Waals surface area (Å²) in [5.41, 5.74) is 1.82. The smallest absolute Gasteiger partial charge is 0.241 e. The molecule has 3 rings (SSSR count). The molecule has 144 valence electrons. The Kier molecular flexibility index (Phi) is 6.29. The van der Waals surface area contributed by atoms with Crippen LogP contribution in [0, 0.1) is 5.82 Å². The lowest BCUT2D eigenvalue weighted by Crippen LogP contribution is -2.39. The highest BCUT2D eigenvalue weighted by atomic mass is 19.1. The van der Waals surface area contributed by atoms with Gasteiger partial charge in [0.05, 0.1) is 14.2 Å². The van der Waals surface area contributed by atoms with Crippen molar-refractivity contribution in [2.24, 2.45) is 0 Å². The van der Waals surface area contributed by atoms with Crippen LogP contribution in [0.2, 0.25) is 0 Å². The highest BCUT2D eigenvalue weighted by Crippen LogP contribution is 2.27. The number of methoxy groups -OCH3 is 2. The van der Waals surface area contributed by atoms with E-state index in [4.69, 9.17) is 9.47 Å². The highest BCUT2D eigenvalue weighted by Gasteiger charge is 2.28. The molecule has 6 heteroatoms. The van der Waals surface area contributed by atoms with Gasteiger partial charge in [0, 0.05) is 12.6 Å². The molecule has 1 aliphatic carbocycles. The third kappa shape index (κ3) is 5.20.